The maximum absolute atomic E-state index is 12.9. The highest BCUT2D eigenvalue weighted by Crippen LogP contribution is 2.25. The Morgan fingerprint density at radius 2 is 1.93 bits per heavy atom. The van der Waals surface area contributed by atoms with Crippen LogP contribution in [-0.2, 0) is 9.59 Å². The van der Waals surface area contributed by atoms with E-state index in [9.17, 15) is 18.4 Å². The predicted molar refractivity (Wildman–Crippen MR) is 46.9 cm³/mol. The van der Waals surface area contributed by atoms with Crippen LogP contribution in [0.25, 0.3) is 0 Å². The van der Waals surface area contributed by atoms with E-state index < -0.39 is 29.4 Å². The van der Waals surface area contributed by atoms with Crippen LogP contribution in [0, 0.1) is 11.6 Å². The van der Waals surface area contributed by atoms with Gasteiger partial charge in [-0.1, -0.05) is 6.07 Å². The maximum atomic E-state index is 12.9. The van der Waals surface area contributed by atoms with Crippen LogP contribution in [0.4, 0.5) is 8.78 Å². The van der Waals surface area contributed by atoms with Crippen LogP contribution in [0.3, 0.4) is 0 Å². The zero-order valence-electron chi connectivity index (χ0n) is 7.59. The number of benzene rings is 1. The molecule has 15 heavy (non-hydrogen) atoms. The molecule has 1 aliphatic heterocycles. The van der Waals surface area contributed by atoms with Gasteiger partial charge in [-0.15, -0.1) is 0 Å². The van der Waals surface area contributed by atoms with Crippen LogP contribution in [0.15, 0.2) is 18.2 Å². The van der Waals surface area contributed by atoms with Crippen molar-refractivity contribution in [2.45, 2.75) is 12.3 Å². The van der Waals surface area contributed by atoms with E-state index in [4.69, 9.17) is 0 Å². The van der Waals surface area contributed by atoms with E-state index in [-0.39, 0.29) is 6.42 Å². The number of halogens is 2. The largest absolute Gasteiger partial charge is 0.296 e. The summed E-state index contributed by atoms with van der Waals surface area (Å²) in [5.74, 6) is -3.54. The summed E-state index contributed by atoms with van der Waals surface area (Å²) in [6, 6.07) is 3.19. The van der Waals surface area contributed by atoms with Gasteiger partial charge in [0.2, 0.25) is 11.8 Å². The lowest BCUT2D eigenvalue weighted by Crippen LogP contribution is -2.21. The quantitative estimate of drug-likeness (QED) is 0.707. The van der Waals surface area contributed by atoms with Crippen molar-refractivity contribution in [3.8, 4) is 0 Å². The standard InChI is InChI=1S/C10H7F2NO2/c11-7-2-1-5(3-8(7)12)6-4-9(14)13-10(6)15/h1-3,6H,4H2,(H,13,14,15). The molecule has 0 aliphatic carbocycles. The van der Waals surface area contributed by atoms with E-state index in [2.05, 4.69) is 5.32 Å². The van der Waals surface area contributed by atoms with Gasteiger partial charge in [0, 0.05) is 6.42 Å². The second kappa shape index (κ2) is 3.42. The Hall–Kier alpha value is -1.78. The Bertz CT molecular complexity index is 445. The number of carbonyl (C=O) groups is 2. The fraction of sp³-hybridized carbons (Fsp3) is 0.200. The molecule has 5 heteroatoms. The van der Waals surface area contributed by atoms with E-state index in [1.165, 1.54) is 6.07 Å². The van der Waals surface area contributed by atoms with Crippen molar-refractivity contribution in [2.75, 3.05) is 0 Å². The molecule has 1 saturated heterocycles. The van der Waals surface area contributed by atoms with Crippen molar-refractivity contribution in [2.24, 2.45) is 0 Å². The predicted octanol–water partition coefficient (Wildman–Crippen LogP) is 1.09. The first-order chi connectivity index (χ1) is 7.08. The molecule has 1 atom stereocenters. The Kier molecular flexibility index (Phi) is 2.22. The van der Waals surface area contributed by atoms with Gasteiger partial charge < -0.3 is 0 Å². The van der Waals surface area contributed by atoms with E-state index in [1.807, 2.05) is 0 Å². The smallest absolute Gasteiger partial charge is 0.234 e. The van der Waals surface area contributed by atoms with Gasteiger partial charge in [-0.05, 0) is 17.7 Å². The molecule has 1 aliphatic rings. The molecule has 0 radical (unpaired) electrons. The van der Waals surface area contributed by atoms with Crippen LogP contribution >= 0.6 is 0 Å². The Morgan fingerprint density at radius 3 is 2.47 bits per heavy atom. The first-order valence-electron chi connectivity index (χ1n) is 4.36. The first kappa shape index (κ1) is 9.76. The third-order valence-electron chi connectivity index (χ3n) is 2.31. The van der Waals surface area contributed by atoms with Gasteiger partial charge in [-0.25, -0.2) is 8.78 Å². The van der Waals surface area contributed by atoms with Gasteiger partial charge in [0.25, 0.3) is 0 Å². The number of carbonyl (C=O) groups excluding carboxylic acids is 2. The summed E-state index contributed by atoms with van der Waals surface area (Å²) in [5.41, 5.74) is 0.317. The minimum atomic E-state index is -1.01. The summed E-state index contributed by atoms with van der Waals surface area (Å²) in [6.07, 6.45) is -0.0100. The van der Waals surface area contributed by atoms with Crippen LogP contribution in [0.1, 0.15) is 17.9 Å². The minimum absolute atomic E-state index is 0.0100. The molecule has 78 valence electrons. The molecular weight excluding hydrogens is 204 g/mol. The second-order valence-corrected chi connectivity index (χ2v) is 3.34. The second-order valence-electron chi connectivity index (χ2n) is 3.34. The third kappa shape index (κ3) is 1.72. The van der Waals surface area contributed by atoms with Crippen LogP contribution in [0.5, 0.6) is 0 Å². The molecular formula is C10H7F2NO2. The van der Waals surface area contributed by atoms with Crippen molar-refractivity contribution >= 4 is 11.8 Å². The monoisotopic (exact) mass is 211 g/mol. The molecule has 0 saturated carbocycles. The van der Waals surface area contributed by atoms with Gasteiger partial charge in [0.05, 0.1) is 5.92 Å². The third-order valence-corrected chi connectivity index (χ3v) is 2.31. The van der Waals surface area contributed by atoms with Crippen LogP contribution in [0.2, 0.25) is 0 Å². The van der Waals surface area contributed by atoms with Crippen molar-refractivity contribution in [1.29, 1.82) is 0 Å². The Morgan fingerprint density at radius 1 is 1.20 bits per heavy atom. The molecule has 0 aromatic heterocycles. The lowest BCUT2D eigenvalue weighted by atomic mass is 9.97. The normalized spacial score (nSPS) is 20.5. The number of hydrogen-bond donors (Lipinski definition) is 1. The van der Waals surface area contributed by atoms with Gasteiger partial charge in [-0.2, -0.15) is 0 Å². The molecule has 0 bridgehead atoms. The summed E-state index contributed by atoms with van der Waals surface area (Å²) in [4.78, 5) is 22.1. The minimum Gasteiger partial charge on any atom is -0.296 e. The highest BCUT2D eigenvalue weighted by molar-refractivity contribution is 6.06. The average molecular weight is 211 g/mol. The van der Waals surface area contributed by atoms with Crippen LogP contribution < -0.4 is 5.32 Å². The van der Waals surface area contributed by atoms with E-state index in [0.717, 1.165) is 12.1 Å². The molecule has 2 amide bonds. The van der Waals surface area contributed by atoms with Crippen molar-refractivity contribution in [3.05, 3.63) is 35.4 Å². The molecule has 1 aromatic carbocycles. The van der Waals surface area contributed by atoms with Gasteiger partial charge in [0.15, 0.2) is 11.6 Å². The zero-order valence-corrected chi connectivity index (χ0v) is 7.59. The molecule has 1 aromatic rings. The van der Waals surface area contributed by atoms with E-state index in [1.54, 1.807) is 0 Å². The highest BCUT2D eigenvalue weighted by atomic mass is 19.2. The molecule has 2 rings (SSSR count). The lowest BCUT2D eigenvalue weighted by Gasteiger charge is -2.05. The Balaban J connectivity index is 2.34. The molecule has 1 fully saturated rings. The van der Waals surface area contributed by atoms with Gasteiger partial charge in [-0.3, -0.25) is 14.9 Å². The summed E-state index contributed by atoms with van der Waals surface area (Å²) in [6.45, 7) is 0. The number of nitrogens with one attached hydrogen (secondary N) is 1. The van der Waals surface area contributed by atoms with Gasteiger partial charge >= 0.3 is 0 Å². The van der Waals surface area contributed by atoms with Crippen molar-refractivity contribution < 1.29 is 18.4 Å². The summed E-state index contributed by atoms with van der Waals surface area (Å²) in [5, 5.41) is 2.11. The summed E-state index contributed by atoms with van der Waals surface area (Å²) >= 11 is 0. The van der Waals surface area contributed by atoms with Crippen LogP contribution in [-0.4, -0.2) is 11.8 Å². The SMILES string of the molecule is O=C1CC(c2ccc(F)c(F)c2)C(=O)N1. The van der Waals surface area contributed by atoms with Crippen molar-refractivity contribution in [3.63, 3.8) is 0 Å². The molecule has 3 nitrogen and oxygen atoms in total. The molecule has 0 spiro atoms. The molecule has 1 heterocycles. The number of amides is 2. The van der Waals surface area contributed by atoms with E-state index >= 15 is 0 Å². The number of hydrogen-bond acceptors (Lipinski definition) is 2. The summed E-state index contributed by atoms with van der Waals surface area (Å²) in [7, 11) is 0. The van der Waals surface area contributed by atoms with E-state index in [0.29, 0.717) is 5.56 Å². The molecule has 1 unspecified atom stereocenters. The number of imide groups is 1. The zero-order chi connectivity index (χ0) is 11.0. The lowest BCUT2D eigenvalue weighted by molar-refractivity contribution is -0.125. The fourth-order valence-electron chi connectivity index (χ4n) is 1.55. The van der Waals surface area contributed by atoms with Gasteiger partial charge in [0.1, 0.15) is 0 Å². The average Bonchev–Trinajstić information content (AvgIpc) is 2.50. The Labute approximate surface area is 84.1 Å². The first-order valence-corrected chi connectivity index (χ1v) is 4.36. The van der Waals surface area contributed by atoms with Crippen molar-refractivity contribution in [1.82, 2.24) is 5.32 Å². The fourth-order valence-corrected chi connectivity index (χ4v) is 1.55. The molecule has 1 N–H and O–H groups in total. The summed E-state index contributed by atoms with van der Waals surface area (Å²) < 4.78 is 25.5. The highest BCUT2D eigenvalue weighted by Gasteiger charge is 2.32. The maximum Gasteiger partial charge on any atom is 0.234 e. The number of rotatable bonds is 1. The topological polar surface area (TPSA) is 46.2 Å².